The topological polar surface area (TPSA) is 12.5 Å². The molecule has 0 radical (unpaired) electrons. The fourth-order valence-electron chi connectivity index (χ4n) is 3.58. The van der Waals surface area contributed by atoms with Crippen LogP contribution in [0.3, 0.4) is 0 Å². The molecule has 2 aromatic carbocycles. The fourth-order valence-corrected chi connectivity index (χ4v) is 3.58. The molecule has 0 aliphatic carbocycles. The van der Waals surface area contributed by atoms with Crippen molar-refractivity contribution in [2.45, 2.75) is 44.9 Å². The lowest BCUT2D eigenvalue weighted by molar-refractivity contribution is 0.215. The average molecular weight is 355 g/mol. The SMILES string of the molecule is Fc1ccc(CCc2ccccc2OCCCCN2CCCCC2)cc1. The standard InChI is InChI=1S/C23H30FNO/c24-22-14-11-20(12-15-22)10-13-21-8-2-3-9-23(21)26-19-7-6-18-25-16-4-1-5-17-25/h2-3,8-9,11-12,14-15H,1,4-7,10,13,16-19H2. The van der Waals surface area contributed by atoms with E-state index in [2.05, 4.69) is 23.1 Å². The quantitative estimate of drug-likeness (QED) is 0.569. The number of aryl methyl sites for hydroxylation is 2. The number of nitrogens with zero attached hydrogens (tertiary/aromatic N) is 1. The Morgan fingerprint density at radius 3 is 2.42 bits per heavy atom. The van der Waals surface area contributed by atoms with Crippen LogP contribution in [-0.4, -0.2) is 31.1 Å². The van der Waals surface area contributed by atoms with E-state index in [0.29, 0.717) is 0 Å². The van der Waals surface area contributed by atoms with Crippen molar-refractivity contribution in [1.82, 2.24) is 4.90 Å². The molecular formula is C23H30FNO. The van der Waals surface area contributed by atoms with E-state index < -0.39 is 0 Å². The molecule has 0 atom stereocenters. The van der Waals surface area contributed by atoms with Gasteiger partial charge in [-0.1, -0.05) is 36.8 Å². The smallest absolute Gasteiger partial charge is 0.123 e. The molecule has 0 amide bonds. The number of unbranched alkanes of at least 4 members (excludes halogenated alkanes) is 1. The Bertz CT molecular complexity index is 650. The highest BCUT2D eigenvalue weighted by molar-refractivity contribution is 5.34. The molecule has 3 heteroatoms. The monoisotopic (exact) mass is 355 g/mol. The van der Waals surface area contributed by atoms with E-state index >= 15 is 0 Å². The molecule has 26 heavy (non-hydrogen) atoms. The van der Waals surface area contributed by atoms with Crippen molar-refractivity contribution >= 4 is 0 Å². The second-order valence-electron chi connectivity index (χ2n) is 7.19. The number of hydrogen-bond donors (Lipinski definition) is 0. The van der Waals surface area contributed by atoms with Gasteiger partial charge in [-0.15, -0.1) is 0 Å². The minimum Gasteiger partial charge on any atom is -0.493 e. The third-order valence-corrected chi connectivity index (χ3v) is 5.14. The van der Waals surface area contributed by atoms with Gasteiger partial charge in [0.05, 0.1) is 6.61 Å². The third kappa shape index (κ3) is 6.14. The van der Waals surface area contributed by atoms with Gasteiger partial charge < -0.3 is 9.64 Å². The summed E-state index contributed by atoms with van der Waals surface area (Å²) in [6.45, 7) is 4.52. The van der Waals surface area contributed by atoms with Crippen LogP contribution in [0.25, 0.3) is 0 Å². The Morgan fingerprint density at radius 2 is 1.62 bits per heavy atom. The van der Waals surface area contributed by atoms with E-state index in [1.54, 1.807) is 0 Å². The summed E-state index contributed by atoms with van der Waals surface area (Å²) in [6, 6.07) is 15.1. The van der Waals surface area contributed by atoms with Gasteiger partial charge in [-0.25, -0.2) is 4.39 Å². The first-order valence-electron chi connectivity index (χ1n) is 9.99. The summed E-state index contributed by atoms with van der Waals surface area (Å²) >= 11 is 0. The van der Waals surface area contributed by atoms with Crippen molar-refractivity contribution in [1.29, 1.82) is 0 Å². The van der Waals surface area contributed by atoms with Gasteiger partial charge in [0.2, 0.25) is 0 Å². The molecule has 0 spiro atoms. The second-order valence-corrected chi connectivity index (χ2v) is 7.19. The van der Waals surface area contributed by atoms with E-state index in [1.165, 1.54) is 63.0 Å². The first-order chi connectivity index (χ1) is 12.8. The number of hydrogen-bond acceptors (Lipinski definition) is 2. The van der Waals surface area contributed by atoms with Gasteiger partial charge in [0, 0.05) is 0 Å². The molecule has 1 aliphatic rings. The fraction of sp³-hybridized carbons (Fsp3) is 0.478. The Hall–Kier alpha value is -1.87. The van der Waals surface area contributed by atoms with Crippen molar-refractivity contribution in [3.63, 3.8) is 0 Å². The summed E-state index contributed by atoms with van der Waals surface area (Å²) in [7, 11) is 0. The third-order valence-electron chi connectivity index (χ3n) is 5.14. The summed E-state index contributed by atoms with van der Waals surface area (Å²) in [6.07, 6.45) is 8.23. The van der Waals surface area contributed by atoms with Crippen LogP contribution in [0.1, 0.15) is 43.2 Å². The highest BCUT2D eigenvalue weighted by Gasteiger charge is 2.09. The van der Waals surface area contributed by atoms with E-state index in [1.807, 2.05) is 18.2 Å². The molecular weight excluding hydrogens is 325 g/mol. The lowest BCUT2D eigenvalue weighted by Crippen LogP contribution is -2.30. The number of piperidine rings is 1. The van der Waals surface area contributed by atoms with Crippen LogP contribution in [0.4, 0.5) is 4.39 Å². The number of benzene rings is 2. The summed E-state index contributed by atoms with van der Waals surface area (Å²) in [5.41, 5.74) is 2.38. The first-order valence-corrected chi connectivity index (χ1v) is 9.99. The van der Waals surface area contributed by atoms with Crippen LogP contribution in [0, 0.1) is 5.82 Å². The maximum atomic E-state index is 13.0. The Balaban J connectivity index is 1.41. The van der Waals surface area contributed by atoms with Crippen LogP contribution in [0.15, 0.2) is 48.5 Å². The molecule has 2 aromatic rings. The van der Waals surface area contributed by atoms with E-state index in [0.717, 1.165) is 37.2 Å². The number of halogens is 1. The largest absolute Gasteiger partial charge is 0.493 e. The predicted molar refractivity (Wildman–Crippen MR) is 105 cm³/mol. The second kappa shape index (κ2) is 10.3. The number of rotatable bonds is 9. The molecule has 0 saturated carbocycles. The molecule has 0 aromatic heterocycles. The maximum Gasteiger partial charge on any atom is 0.123 e. The van der Waals surface area contributed by atoms with Crippen molar-refractivity contribution in [3.05, 3.63) is 65.5 Å². The van der Waals surface area contributed by atoms with Crippen LogP contribution < -0.4 is 4.74 Å². The van der Waals surface area contributed by atoms with Crippen molar-refractivity contribution in [2.24, 2.45) is 0 Å². The Labute approximate surface area is 157 Å². The zero-order valence-electron chi connectivity index (χ0n) is 15.6. The van der Waals surface area contributed by atoms with Gasteiger partial charge in [0.25, 0.3) is 0 Å². The summed E-state index contributed by atoms with van der Waals surface area (Å²) in [4.78, 5) is 2.58. The lowest BCUT2D eigenvalue weighted by Gasteiger charge is -2.26. The summed E-state index contributed by atoms with van der Waals surface area (Å²) in [5.74, 6) is 0.814. The lowest BCUT2D eigenvalue weighted by atomic mass is 10.0. The van der Waals surface area contributed by atoms with Crippen molar-refractivity contribution < 1.29 is 9.13 Å². The summed E-state index contributed by atoms with van der Waals surface area (Å²) < 4.78 is 19.1. The number of ether oxygens (including phenoxy) is 1. The normalized spacial score (nSPS) is 15.1. The van der Waals surface area contributed by atoms with E-state index in [4.69, 9.17) is 4.74 Å². The highest BCUT2D eigenvalue weighted by Crippen LogP contribution is 2.21. The van der Waals surface area contributed by atoms with Crippen LogP contribution in [0.2, 0.25) is 0 Å². The molecule has 0 N–H and O–H groups in total. The molecule has 1 heterocycles. The van der Waals surface area contributed by atoms with Crippen molar-refractivity contribution in [3.8, 4) is 5.75 Å². The molecule has 1 saturated heterocycles. The minimum atomic E-state index is -0.179. The minimum absolute atomic E-state index is 0.179. The van der Waals surface area contributed by atoms with Gasteiger partial charge in [-0.2, -0.15) is 0 Å². The molecule has 0 bridgehead atoms. The van der Waals surface area contributed by atoms with Gasteiger partial charge in [-0.05, 0) is 87.5 Å². The average Bonchev–Trinajstić information content (AvgIpc) is 2.69. The van der Waals surface area contributed by atoms with Gasteiger partial charge in [0.15, 0.2) is 0 Å². The molecule has 140 valence electrons. The predicted octanol–water partition coefficient (Wildman–Crippen LogP) is 5.26. The zero-order chi connectivity index (χ0) is 18.0. The van der Waals surface area contributed by atoms with Gasteiger partial charge in [0.1, 0.15) is 11.6 Å². The van der Waals surface area contributed by atoms with Crippen LogP contribution in [0.5, 0.6) is 5.75 Å². The van der Waals surface area contributed by atoms with E-state index in [-0.39, 0.29) is 5.82 Å². The van der Waals surface area contributed by atoms with Crippen molar-refractivity contribution in [2.75, 3.05) is 26.2 Å². The molecule has 2 nitrogen and oxygen atoms in total. The first kappa shape index (κ1) is 18.9. The molecule has 0 unspecified atom stereocenters. The van der Waals surface area contributed by atoms with Gasteiger partial charge >= 0.3 is 0 Å². The molecule has 1 fully saturated rings. The van der Waals surface area contributed by atoms with Crippen LogP contribution >= 0.6 is 0 Å². The Morgan fingerprint density at radius 1 is 0.846 bits per heavy atom. The maximum absolute atomic E-state index is 13.0. The number of para-hydroxylation sites is 1. The molecule has 3 rings (SSSR count). The number of likely N-dealkylation sites (tertiary alicyclic amines) is 1. The van der Waals surface area contributed by atoms with E-state index in [9.17, 15) is 4.39 Å². The Kier molecular flexibility index (Phi) is 7.51. The highest BCUT2D eigenvalue weighted by atomic mass is 19.1. The van der Waals surface area contributed by atoms with Gasteiger partial charge in [-0.3, -0.25) is 0 Å². The zero-order valence-corrected chi connectivity index (χ0v) is 15.6. The molecule has 1 aliphatic heterocycles. The summed E-state index contributed by atoms with van der Waals surface area (Å²) in [5, 5.41) is 0. The van der Waals surface area contributed by atoms with Crippen LogP contribution in [-0.2, 0) is 12.8 Å².